The second-order valence-corrected chi connectivity index (χ2v) is 5.20. The first-order valence-electron chi connectivity index (χ1n) is 6.54. The SMILES string of the molecule is CC1CCCCC1NC(=O)c1cc(F)cc(N)c1F. The summed E-state index contributed by atoms with van der Waals surface area (Å²) in [5, 5.41) is 2.78. The predicted octanol–water partition coefficient (Wildman–Crippen LogP) is 2.86. The summed E-state index contributed by atoms with van der Waals surface area (Å²) in [6.45, 7) is 2.06. The molecule has 104 valence electrons. The number of halogens is 2. The van der Waals surface area contributed by atoms with Gasteiger partial charge in [-0.1, -0.05) is 19.8 Å². The zero-order valence-corrected chi connectivity index (χ0v) is 10.9. The number of nitrogens with one attached hydrogen (secondary N) is 1. The van der Waals surface area contributed by atoms with Crippen LogP contribution in [0.1, 0.15) is 43.0 Å². The Labute approximate surface area is 111 Å². The van der Waals surface area contributed by atoms with Crippen molar-refractivity contribution in [3.05, 3.63) is 29.3 Å². The number of amides is 1. The largest absolute Gasteiger partial charge is 0.396 e. The third-order valence-corrected chi connectivity index (χ3v) is 3.74. The van der Waals surface area contributed by atoms with Crippen molar-refractivity contribution in [1.82, 2.24) is 5.32 Å². The highest BCUT2D eigenvalue weighted by Gasteiger charge is 2.25. The number of hydrogen-bond acceptors (Lipinski definition) is 2. The van der Waals surface area contributed by atoms with E-state index >= 15 is 0 Å². The maximum Gasteiger partial charge on any atom is 0.254 e. The van der Waals surface area contributed by atoms with Crippen molar-refractivity contribution in [1.29, 1.82) is 0 Å². The molecule has 3 nitrogen and oxygen atoms in total. The minimum Gasteiger partial charge on any atom is -0.396 e. The highest BCUT2D eigenvalue weighted by Crippen LogP contribution is 2.24. The molecule has 1 aliphatic rings. The van der Waals surface area contributed by atoms with Gasteiger partial charge in [0.25, 0.3) is 5.91 Å². The van der Waals surface area contributed by atoms with Gasteiger partial charge in [-0.15, -0.1) is 0 Å². The van der Waals surface area contributed by atoms with Crippen molar-refractivity contribution in [2.75, 3.05) is 5.73 Å². The number of carbonyl (C=O) groups excluding carboxylic acids is 1. The number of rotatable bonds is 2. The molecule has 1 saturated carbocycles. The van der Waals surface area contributed by atoms with Gasteiger partial charge in [-0.2, -0.15) is 0 Å². The molecule has 0 spiro atoms. The Balaban J connectivity index is 2.15. The Morgan fingerprint density at radius 2 is 2.00 bits per heavy atom. The molecular formula is C14H18F2N2O. The zero-order chi connectivity index (χ0) is 14.0. The van der Waals surface area contributed by atoms with Crippen LogP contribution in [0.4, 0.5) is 14.5 Å². The van der Waals surface area contributed by atoms with Crippen LogP contribution in [0, 0.1) is 17.6 Å². The highest BCUT2D eigenvalue weighted by molar-refractivity contribution is 5.95. The van der Waals surface area contributed by atoms with Crippen LogP contribution in [0.15, 0.2) is 12.1 Å². The molecular weight excluding hydrogens is 250 g/mol. The molecule has 2 unspecified atom stereocenters. The van der Waals surface area contributed by atoms with Crippen molar-refractivity contribution >= 4 is 11.6 Å². The van der Waals surface area contributed by atoms with Gasteiger partial charge in [-0.3, -0.25) is 4.79 Å². The Kier molecular flexibility index (Phi) is 4.02. The molecule has 0 radical (unpaired) electrons. The van der Waals surface area contributed by atoms with Crippen LogP contribution in [-0.2, 0) is 0 Å². The smallest absolute Gasteiger partial charge is 0.254 e. The van der Waals surface area contributed by atoms with Crippen molar-refractivity contribution < 1.29 is 13.6 Å². The molecule has 0 heterocycles. The maximum atomic E-state index is 13.7. The zero-order valence-electron chi connectivity index (χ0n) is 10.9. The molecule has 1 aromatic rings. The van der Waals surface area contributed by atoms with E-state index in [9.17, 15) is 13.6 Å². The summed E-state index contributed by atoms with van der Waals surface area (Å²) in [6.07, 6.45) is 4.11. The molecule has 0 saturated heterocycles. The average molecular weight is 268 g/mol. The summed E-state index contributed by atoms with van der Waals surface area (Å²) in [5.74, 6) is -1.81. The Hall–Kier alpha value is -1.65. The minimum absolute atomic E-state index is 0.0186. The third-order valence-electron chi connectivity index (χ3n) is 3.74. The summed E-state index contributed by atoms with van der Waals surface area (Å²) in [6, 6.07) is 1.77. The van der Waals surface area contributed by atoms with Gasteiger partial charge < -0.3 is 11.1 Å². The molecule has 19 heavy (non-hydrogen) atoms. The summed E-state index contributed by atoms with van der Waals surface area (Å²) in [4.78, 5) is 12.0. The molecule has 3 N–H and O–H groups in total. The fraction of sp³-hybridized carbons (Fsp3) is 0.500. The number of nitrogen functional groups attached to an aromatic ring is 1. The quantitative estimate of drug-likeness (QED) is 0.810. The van der Waals surface area contributed by atoms with Crippen LogP contribution in [0.3, 0.4) is 0 Å². The van der Waals surface area contributed by atoms with E-state index in [2.05, 4.69) is 12.2 Å². The van der Waals surface area contributed by atoms with Crippen LogP contribution in [-0.4, -0.2) is 11.9 Å². The number of benzene rings is 1. The second-order valence-electron chi connectivity index (χ2n) is 5.20. The van der Waals surface area contributed by atoms with E-state index in [0.717, 1.165) is 37.8 Å². The van der Waals surface area contributed by atoms with Crippen LogP contribution in [0.5, 0.6) is 0 Å². The number of anilines is 1. The molecule has 0 aliphatic heterocycles. The summed E-state index contributed by atoms with van der Waals surface area (Å²) in [7, 11) is 0. The van der Waals surface area contributed by atoms with Crippen LogP contribution in [0.2, 0.25) is 0 Å². The van der Waals surface area contributed by atoms with Gasteiger partial charge in [0.2, 0.25) is 0 Å². The van der Waals surface area contributed by atoms with E-state index in [1.54, 1.807) is 0 Å². The van der Waals surface area contributed by atoms with Crippen LogP contribution < -0.4 is 11.1 Å². The standard InChI is InChI=1S/C14H18F2N2O/c1-8-4-2-3-5-12(8)18-14(19)10-6-9(15)7-11(17)13(10)16/h6-8,12H,2-5,17H2,1H3,(H,18,19). The normalized spacial score (nSPS) is 23.1. The van der Waals surface area contributed by atoms with Gasteiger partial charge in [0, 0.05) is 6.04 Å². The first-order valence-corrected chi connectivity index (χ1v) is 6.54. The van der Waals surface area contributed by atoms with Crippen molar-refractivity contribution in [3.8, 4) is 0 Å². The number of carbonyl (C=O) groups is 1. The fourth-order valence-electron chi connectivity index (χ4n) is 2.55. The maximum absolute atomic E-state index is 13.7. The number of nitrogens with two attached hydrogens (primary N) is 1. The molecule has 2 atom stereocenters. The van der Waals surface area contributed by atoms with Crippen molar-refractivity contribution in [3.63, 3.8) is 0 Å². The predicted molar refractivity (Wildman–Crippen MR) is 69.7 cm³/mol. The Morgan fingerprint density at radius 1 is 1.32 bits per heavy atom. The number of hydrogen-bond donors (Lipinski definition) is 2. The lowest BCUT2D eigenvalue weighted by Crippen LogP contribution is -2.41. The van der Waals surface area contributed by atoms with Crippen molar-refractivity contribution in [2.45, 2.75) is 38.6 Å². The third kappa shape index (κ3) is 3.03. The van der Waals surface area contributed by atoms with E-state index in [-0.39, 0.29) is 17.3 Å². The topological polar surface area (TPSA) is 55.1 Å². The molecule has 0 bridgehead atoms. The fourth-order valence-corrected chi connectivity index (χ4v) is 2.55. The van der Waals surface area contributed by atoms with Gasteiger partial charge in [-0.05, 0) is 30.9 Å². The minimum atomic E-state index is -0.859. The van der Waals surface area contributed by atoms with Gasteiger partial charge in [0.1, 0.15) is 5.82 Å². The monoisotopic (exact) mass is 268 g/mol. The van der Waals surface area contributed by atoms with Crippen LogP contribution >= 0.6 is 0 Å². The molecule has 0 aromatic heterocycles. The van der Waals surface area contributed by atoms with E-state index in [0.29, 0.717) is 5.92 Å². The Morgan fingerprint density at radius 3 is 2.68 bits per heavy atom. The molecule has 1 aromatic carbocycles. The van der Waals surface area contributed by atoms with Gasteiger partial charge in [0.05, 0.1) is 11.3 Å². The summed E-state index contributed by atoms with van der Waals surface area (Å²) >= 11 is 0. The molecule has 2 rings (SSSR count). The molecule has 1 amide bonds. The molecule has 5 heteroatoms. The lowest BCUT2D eigenvalue weighted by atomic mass is 9.86. The molecule has 1 fully saturated rings. The summed E-state index contributed by atoms with van der Waals surface area (Å²) in [5.41, 5.74) is 4.66. The van der Waals surface area contributed by atoms with Gasteiger partial charge >= 0.3 is 0 Å². The van der Waals surface area contributed by atoms with E-state index < -0.39 is 17.5 Å². The van der Waals surface area contributed by atoms with Crippen LogP contribution in [0.25, 0.3) is 0 Å². The lowest BCUT2D eigenvalue weighted by Gasteiger charge is -2.29. The molecule has 1 aliphatic carbocycles. The van der Waals surface area contributed by atoms with E-state index in [4.69, 9.17) is 5.73 Å². The highest BCUT2D eigenvalue weighted by atomic mass is 19.1. The average Bonchev–Trinajstić information content (AvgIpc) is 2.36. The van der Waals surface area contributed by atoms with E-state index in [1.807, 2.05) is 0 Å². The Bertz CT molecular complexity index is 491. The van der Waals surface area contributed by atoms with Gasteiger partial charge in [-0.25, -0.2) is 8.78 Å². The van der Waals surface area contributed by atoms with Gasteiger partial charge in [0.15, 0.2) is 5.82 Å². The second kappa shape index (κ2) is 5.55. The van der Waals surface area contributed by atoms with Crippen molar-refractivity contribution in [2.24, 2.45) is 5.92 Å². The first kappa shape index (κ1) is 13.8. The lowest BCUT2D eigenvalue weighted by molar-refractivity contribution is 0.0906. The summed E-state index contributed by atoms with van der Waals surface area (Å²) < 4.78 is 26.9. The first-order chi connectivity index (χ1) is 8.99. The van der Waals surface area contributed by atoms with E-state index in [1.165, 1.54) is 0 Å².